The Hall–Kier alpha value is -2.70. The van der Waals surface area contributed by atoms with Crippen molar-refractivity contribution in [2.24, 2.45) is 5.92 Å². The van der Waals surface area contributed by atoms with E-state index in [0.717, 1.165) is 42.7 Å². The number of hydrogen-bond acceptors (Lipinski definition) is 5. The predicted molar refractivity (Wildman–Crippen MR) is 97.4 cm³/mol. The number of nitrogens with zero attached hydrogens (tertiary/aromatic N) is 4. The van der Waals surface area contributed by atoms with Crippen molar-refractivity contribution in [2.45, 2.75) is 45.2 Å². The van der Waals surface area contributed by atoms with Gasteiger partial charge in [-0.2, -0.15) is 0 Å². The van der Waals surface area contributed by atoms with E-state index in [1.165, 1.54) is 5.56 Å². The molecule has 0 spiro atoms. The lowest BCUT2D eigenvalue weighted by Gasteiger charge is -2.21. The normalized spacial score (nSPS) is 19.2. The number of likely N-dealkylation sites (tertiary alicyclic amines) is 1. The van der Waals surface area contributed by atoms with Crippen LogP contribution in [0.4, 0.5) is 0 Å². The van der Waals surface area contributed by atoms with Crippen molar-refractivity contribution in [1.82, 2.24) is 19.9 Å². The van der Waals surface area contributed by atoms with Gasteiger partial charge >= 0.3 is 0 Å². The molecule has 1 aliphatic carbocycles. The van der Waals surface area contributed by atoms with E-state index in [4.69, 9.17) is 4.52 Å². The van der Waals surface area contributed by atoms with E-state index in [2.05, 4.69) is 10.1 Å². The van der Waals surface area contributed by atoms with Crippen molar-refractivity contribution in [3.05, 3.63) is 47.1 Å². The van der Waals surface area contributed by atoms with Gasteiger partial charge in [-0.05, 0) is 30.9 Å². The number of aromatic nitrogens is 2. The summed E-state index contributed by atoms with van der Waals surface area (Å²) in [7, 11) is 1.78. The zero-order valence-electron chi connectivity index (χ0n) is 15.6. The van der Waals surface area contributed by atoms with Crippen LogP contribution >= 0.6 is 0 Å². The highest BCUT2D eigenvalue weighted by Crippen LogP contribution is 2.26. The maximum absolute atomic E-state index is 12.9. The van der Waals surface area contributed by atoms with Crippen LogP contribution in [-0.4, -0.2) is 45.3 Å². The third-order valence-electron chi connectivity index (χ3n) is 5.45. The quantitative estimate of drug-likeness (QED) is 0.806. The maximum atomic E-state index is 12.9. The molecular weight excluding hydrogens is 344 g/mol. The summed E-state index contributed by atoms with van der Waals surface area (Å²) in [5, 5.41) is 4.18. The Kier molecular flexibility index (Phi) is 4.92. The van der Waals surface area contributed by atoms with Gasteiger partial charge in [0, 0.05) is 50.9 Å². The van der Waals surface area contributed by atoms with Crippen LogP contribution in [0.5, 0.6) is 0 Å². The third kappa shape index (κ3) is 3.72. The molecule has 7 nitrogen and oxygen atoms in total. The Labute approximate surface area is 158 Å². The largest absolute Gasteiger partial charge is 0.361 e. The highest BCUT2D eigenvalue weighted by molar-refractivity contribution is 5.89. The third-order valence-corrected chi connectivity index (χ3v) is 5.45. The summed E-state index contributed by atoms with van der Waals surface area (Å²) in [6, 6.07) is 3.79. The molecule has 27 heavy (non-hydrogen) atoms. The zero-order valence-corrected chi connectivity index (χ0v) is 15.6. The highest BCUT2D eigenvalue weighted by atomic mass is 16.5. The first kappa shape index (κ1) is 17.7. The Bertz CT molecular complexity index is 833. The van der Waals surface area contributed by atoms with Crippen molar-refractivity contribution >= 4 is 11.8 Å². The smallest absolute Gasteiger partial charge is 0.228 e. The van der Waals surface area contributed by atoms with E-state index in [1.807, 2.05) is 12.1 Å². The van der Waals surface area contributed by atoms with Crippen LogP contribution in [0.1, 0.15) is 41.8 Å². The average Bonchev–Trinajstić information content (AvgIpc) is 3.26. The number of rotatable bonds is 5. The van der Waals surface area contributed by atoms with Gasteiger partial charge in [-0.15, -0.1) is 0 Å². The van der Waals surface area contributed by atoms with Gasteiger partial charge in [-0.1, -0.05) is 11.2 Å². The second-order valence-electron chi connectivity index (χ2n) is 7.47. The van der Waals surface area contributed by atoms with Crippen LogP contribution in [-0.2, 0) is 35.5 Å². The molecule has 2 aromatic rings. The molecule has 1 aliphatic heterocycles. The summed E-state index contributed by atoms with van der Waals surface area (Å²) in [6.45, 7) is 1.38. The fourth-order valence-corrected chi connectivity index (χ4v) is 3.99. The van der Waals surface area contributed by atoms with Gasteiger partial charge < -0.3 is 14.3 Å². The fraction of sp³-hybridized carbons (Fsp3) is 0.500. The lowest BCUT2D eigenvalue weighted by molar-refractivity contribution is -0.135. The van der Waals surface area contributed by atoms with E-state index in [-0.39, 0.29) is 24.2 Å². The Morgan fingerprint density at radius 2 is 2.22 bits per heavy atom. The molecule has 1 fully saturated rings. The van der Waals surface area contributed by atoms with E-state index >= 15 is 0 Å². The van der Waals surface area contributed by atoms with Gasteiger partial charge in [-0.3, -0.25) is 14.6 Å². The topological polar surface area (TPSA) is 79.5 Å². The second-order valence-corrected chi connectivity index (χ2v) is 7.47. The maximum Gasteiger partial charge on any atom is 0.228 e. The first-order valence-electron chi connectivity index (χ1n) is 9.50. The predicted octanol–water partition coefficient (Wildman–Crippen LogP) is 1.96. The van der Waals surface area contributed by atoms with Gasteiger partial charge in [0.05, 0.1) is 12.5 Å². The second kappa shape index (κ2) is 7.50. The Balaban J connectivity index is 1.38. The van der Waals surface area contributed by atoms with E-state index in [0.29, 0.717) is 19.6 Å². The first-order valence-corrected chi connectivity index (χ1v) is 9.50. The van der Waals surface area contributed by atoms with Crippen molar-refractivity contribution in [2.75, 3.05) is 13.6 Å². The summed E-state index contributed by atoms with van der Waals surface area (Å²) in [6.07, 6.45) is 7.89. The molecular formula is C20H24N4O3. The number of carbonyl (C=O) groups excluding carboxylic acids is 2. The molecule has 0 radical (unpaired) electrons. The molecule has 3 heterocycles. The van der Waals surface area contributed by atoms with Gasteiger partial charge in [0.25, 0.3) is 0 Å². The number of pyridine rings is 1. The molecule has 142 valence electrons. The highest BCUT2D eigenvalue weighted by Gasteiger charge is 2.36. The summed E-state index contributed by atoms with van der Waals surface area (Å²) >= 11 is 0. The molecule has 7 heteroatoms. The van der Waals surface area contributed by atoms with Crippen molar-refractivity contribution in [3.8, 4) is 0 Å². The van der Waals surface area contributed by atoms with Crippen molar-refractivity contribution in [1.29, 1.82) is 0 Å². The number of carbonyl (C=O) groups is 2. The van der Waals surface area contributed by atoms with Crippen LogP contribution in [0.25, 0.3) is 0 Å². The number of hydrogen-bond donors (Lipinski definition) is 0. The first-order chi connectivity index (χ1) is 13.1. The Morgan fingerprint density at radius 1 is 1.37 bits per heavy atom. The van der Waals surface area contributed by atoms with Gasteiger partial charge in [-0.25, -0.2) is 0 Å². The molecule has 2 amide bonds. The molecule has 4 rings (SSSR count). The van der Waals surface area contributed by atoms with Crippen molar-refractivity contribution in [3.63, 3.8) is 0 Å². The van der Waals surface area contributed by atoms with Crippen LogP contribution in [0, 0.1) is 5.92 Å². The minimum Gasteiger partial charge on any atom is -0.361 e. The summed E-state index contributed by atoms with van der Waals surface area (Å²) in [5.74, 6) is 0.673. The molecule has 1 atom stereocenters. The SMILES string of the molecule is CN(Cc1noc2c1CCCC2)C(=O)[C@H]1CC(=O)N(Cc2cccnc2)C1. The monoisotopic (exact) mass is 368 g/mol. The molecule has 0 N–H and O–H groups in total. The molecule has 2 aliphatic rings. The molecule has 0 bridgehead atoms. The summed E-state index contributed by atoms with van der Waals surface area (Å²) < 4.78 is 5.44. The number of amides is 2. The average molecular weight is 368 g/mol. The van der Waals surface area contributed by atoms with E-state index in [1.54, 1.807) is 29.2 Å². The van der Waals surface area contributed by atoms with Gasteiger partial charge in [0.2, 0.25) is 11.8 Å². The van der Waals surface area contributed by atoms with Crippen LogP contribution in [0.3, 0.4) is 0 Å². The van der Waals surface area contributed by atoms with E-state index in [9.17, 15) is 9.59 Å². The standard InChI is InChI=1S/C20H24N4O3/c1-23(13-17-16-6-2-3-7-18(16)27-22-17)20(26)15-9-19(25)24(12-15)11-14-5-4-8-21-10-14/h4-5,8,10,15H,2-3,6-7,9,11-13H2,1H3/t15-/m0/s1. The van der Waals surface area contributed by atoms with Gasteiger partial charge in [0.15, 0.2) is 0 Å². The zero-order chi connectivity index (χ0) is 18.8. The number of aryl methyl sites for hydroxylation is 1. The fourth-order valence-electron chi connectivity index (χ4n) is 3.99. The molecule has 0 unspecified atom stereocenters. The Morgan fingerprint density at radius 3 is 3.04 bits per heavy atom. The number of fused-ring (bicyclic) bond motifs is 1. The lowest BCUT2D eigenvalue weighted by Crippen LogP contribution is -2.34. The molecule has 0 saturated carbocycles. The summed E-state index contributed by atoms with van der Waals surface area (Å²) in [5.41, 5.74) is 3.00. The molecule has 2 aromatic heterocycles. The minimum absolute atomic E-state index is 0.00963. The van der Waals surface area contributed by atoms with Gasteiger partial charge in [0.1, 0.15) is 11.5 Å². The summed E-state index contributed by atoms with van der Waals surface area (Å²) in [4.78, 5) is 32.7. The molecule has 1 saturated heterocycles. The minimum atomic E-state index is -0.304. The van der Waals surface area contributed by atoms with Crippen LogP contribution in [0.15, 0.2) is 29.0 Å². The van der Waals surface area contributed by atoms with Crippen LogP contribution < -0.4 is 0 Å². The lowest BCUT2D eigenvalue weighted by atomic mass is 9.96. The van der Waals surface area contributed by atoms with E-state index < -0.39 is 0 Å². The van der Waals surface area contributed by atoms with Crippen LogP contribution in [0.2, 0.25) is 0 Å². The molecule has 0 aromatic carbocycles. The van der Waals surface area contributed by atoms with Crippen molar-refractivity contribution < 1.29 is 14.1 Å².